The second kappa shape index (κ2) is 20.0. The molecule has 13 heteroatoms. The molecule has 0 saturated heterocycles. The van der Waals surface area contributed by atoms with Gasteiger partial charge < -0.3 is 30.9 Å². The maximum absolute atomic E-state index is 8.57. The van der Waals surface area contributed by atoms with E-state index in [-0.39, 0.29) is 22.4 Å². The van der Waals surface area contributed by atoms with E-state index in [4.69, 9.17) is 30.9 Å². The van der Waals surface area contributed by atoms with Crippen LogP contribution in [-0.4, -0.2) is 0 Å². The zero-order valence-corrected chi connectivity index (χ0v) is 13.1. The SMILES string of the molecule is [Ag+3].[O-][I+2]([O-])[O-].[O-][I+2]([O-])[O-].[O-][I+2]([O-])[O-]. The Hall–Kier alpha value is 2.57. The summed E-state index contributed by atoms with van der Waals surface area (Å²) in [5.74, 6) is 0. The first-order chi connectivity index (χ1) is 5.20. The third kappa shape index (κ3) is 348. The van der Waals surface area contributed by atoms with Gasteiger partial charge in [0.15, 0.2) is 0 Å². The van der Waals surface area contributed by atoms with Gasteiger partial charge in [-0.25, -0.2) is 0 Å². The second-order valence-corrected chi connectivity index (χ2v) is 3.80. The van der Waals surface area contributed by atoms with Gasteiger partial charge in [-0.05, 0) is 0 Å². The molecule has 0 spiro atoms. The van der Waals surface area contributed by atoms with Crippen molar-refractivity contribution in [1.29, 1.82) is 0 Å². The molecule has 0 aliphatic heterocycles. The molecular formula is AgI3O9. The monoisotopic (exact) mass is 632 g/mol. The first-order valence-corrected chi connectivity index (χ1v) is 9.32. The van der Waals surface area contributed by atoms with Crippen molar-refractivity contribution in [1.82, 2.24) is 0 Å². The summed E-state index contributed by atoms with van der Waals surface area (Å²) in [6.07, 6.45) is 0. The molecule has 0 saturated carbocycles. The minimum atomic E-state index is -4.01. The maximum Gasteiger partial charge on any atom is 3.00 e. The summed E-state index contributed by atoms with van der Waals surface area (Å²) in [4.78, 5) is 0. The summed E-state index contributed by atoms with van der Waals surface area (Å²) in [5, 5.41) is 0. The predicted molar refractivity (Wildman–Crippen MR) is 0 cm³/mol. The average molecular weight is 633 g/mol. The van der Waals surface area contributed by atoms with E-state index in [1.54, 1.807) is 0 Å². The van der Waals surface area contributed by atoms with Crippen LogP contribution in [0, 0.1) is 0 Å². The molecule has 0 radical (unpaired) electrons. The molecule has 0 amide bonds. The standard InChI is InChI=1S/Ag.3IO3/c;3*2-1(3)4/q+3;3*-1. The molecule has 0 rings (SSSR count). The van der Waals surface area contributed by atoms with Gasteiger partial charge in [0.05, 0.1) is 0 Å². The van der Waals surface area contributed by atoms with Gasteiger partial charge in [-0.2, -0.15) is 0 Å². The van der Waals surface area contributed by atoms with Crippen LogP contribution in [0.3, 0.4) is 0 Å². The van der Waals surface area contributed by atoms with E-state index in [1.807, 2.05) is 0 Å². The van der Waals surface area contributed by atoms with Crippen LogP contribution in [-0.2, 0) is 22.4 Å². The average Bonchev–Trinajstić information content (AvgIpc) is 1.54. The van der Waals surface area contributed by atoms with E-state index in [1.165, 1.54) is 0 Å². The molecule has 0 bridgehead atoms. The van der Waals surface area contributed by atoms with E-state index < -0.39 is 63.2 Å². The zero-order valence-electron chi connectivity index (χ0n) is 5.11. The van der Waals surface area contributed by atoms with Gasteiger partial charge in [0.1, 0.15) is 0 Å². The summed E-state index contributed by atoms with van der Waals surface area (Å²) >= 11 is -12.0. The van der Waals surface area contributed by atoms with Crippen molar-refractivity contribution in [2.45, 2.75) is 0 Å². The van der Waals surface area contributed by atoms with Crippen LogP contribution in [0.4, 0.5) is 0 Å². The first kappa shape index (κ1) is 24.7. The minimum Gasteiger partial charge on any atom is -0.427 e. The molecule has 0 N–H and O–H groups in total. The molecule has 0 aromatic rings. The Labute approximate surface area is 115 Å². The Morgan fingerprint density at radius 3 is 0.385 bits per heavy atom. The maximum atomic E-state index is 8.57. The molecule has 86 valence electrons. The number of hydrogen-bond acceptors (Lipinski definition) is 9. The molecule has 9 nitrogen and oxygen atoms in total. The summed E-state index contributed by atoms with van der Waals surface area (Å²) in [7, 11) is 0. The van der Waals surface area contributed by atoms with E-state index in [9.17, 15) is 0 Å². The quantitative estimate of drug-likeness (QED) is 0.183. The van der Waals surface area contributed by atoms with Gasteiger partial charge in [-0.1, -0.05) is 0 Å². The van der Waals surface area contributed by atoms with Crippen LogP contribution in [0.2, 0.25) is 0 Å². The number of hydrogen-bond donors (Lipinski definition) is 0. The van der Waals surface area contributed by atoms with E-state index >= 15 is 0 Å². The normalized spacial score (nSPS) is 8.31. The van der Waals surface area contributed by atoms with Crippen LogP contribution in [0.25, 0.3) is 0 Å². The van der Waals surface area contributed by atoms with Crippen molar-refractivity contribution in [3.8, 4) is 0 Å². The summed E-state index contributed by atoms with van der Waals surface area (Å²) in [5.41, 5.74) is 0. The van der Waals surface area contributed by atoms with Crippen LogP contribution < -0.4 is 94.1 Å². The van der Waals surface area contributed by atoms with Crippen molar-refractivity contribution >= 4 is 0 Å². The molecule has 0 aromatic carbocycles. The minimum absolute atomic E-state index is 0. The van der Waals surface area contributed by atoms with Gasteiger partial charge in [-0.15, -0.1) is 0 Å². The fourth-order valence-corrected chi connectivity index (χ4v) is 0. The van der Waals surface area contributed by atoms with Crippen molar-refractivity contribution in [3.63, 3.8) is 0 Å². The Bertz CT molecular complexity index is 43.4. The van der Waals surface area contributed by atoms with Gasteiger partial charge in [0, 0.05) is 0 Å². The van der Waals surface area contributed by atoms with Crippen LogP contribution in [0.1, 0.15) is 0 Å². The van der Waals surface area contributed by atoms with Gasteiger partial charge in [0.2, 0.25) is 0 Å². The zero-order chi connectivity index (χ0) is 10.7. The smallest absolute Gasteiger partial charge is 0.427 e. The van der Waals surface area contributed by atoms with Gasteiger partial charge in [-0.3, -0.25) is 0 Å². The van der Waals surface area contributed by atoms with E-state index in [0.29, 0.717) is 0 Å². The molecule has 0 heterocycles. The topological polar surface area (TPSA) is 208 Å². The van der Waals surface area contributed by atoms with Crippen molar-refractivity contribution in [2.75, 3.05) is 0 Å². The summed E-state index contributed by atoms with van der Waals surface area (Å²) < 4.78 is 77.2. The Morgan fingerprint density at radius 2 is 0.385 bits per heavy atom. The third-order valence-electron chi connectivity index (χ3n) is 0. The second-order valence-electron chi connectivity index (χ2n) is 0.567. The number of halogens is 3. The predicted octanol–water partition coefficient (Wildman–Crippen LogP) is -19.7. The van der Waals surface area contributed by atoms with Crippen LogP contribution in [0.5, 0.6) is 0 Å². The van der Waals surface area contributed by atoms with Crippen LogP contribution >= 0.6 is 0 Å². The molecule has 0 fully saturated rings. The molecule has 0 atom stereocenters. The third-order valence-corrected chi connectivity index (χ3v) is 0. The Balaban J connectivity index is -0.0000000450. The molecule has 13 heavy (non-hydrogen) atoms. The van der Waals surface area contributed by atoms with Gasteiger partial charge >= 0.3 is 22.4 Å². The first-order valence-electron chi connectivity index (χ1n) is 1.39. The summed E-state index contributed by atoms with van der Waals surface area (Å²) in [6.45, 7) is 0. The fourth-order valence-electron chi connectivity index (χ4n) is 0. The molecular weight excluding hydrogens is 633 g/mol. The van der Waals surface area contributed by atoms with Crippen molar-refractivity contribution in [2.24, 2.45) is 0 Å². The summed E-state index contributed by atoms with van der Waals surface area (Å²) in [6, 6.07) is 0. The molecule has 0 aromatic heterocycles. The van der Waals surface area contributed by atoms with Crippen molar-refractivity contribution in [3.05, 3.63) is 0 Å². The van der Waals surface area contributed by atoms with Crippen molar-refractivity contribution < 1.29 is 116 Å². The largest absolute Gasteiger partial charge is 3.00 e. The number of rotatable bonds is 0. The van der Waals surface area contributed by atoms with E-state index in [2.05, 4.69) is 0 Å². The fraction of sp³-hybridized carbons (Fsp3) is 0. The molecule has 0 unspecified atom stereocenters. The van der Waals surface area contributed by atoms with Crippen LogP contribution in [0.15, 0.2) is 0 Å². The van der Waals surface area contributed by atoms with Gasteiger partial charge in [0.25, 0.3) is 63.2 Å². The molecule has 0 aliphatic carbocycles. The van der Waals surface area contributed by atoms with E-state index in [0.717, 1.165) is 0 Å². The Kier molecular flexibility index (Phi) is 38.1. The molecule has 0 aliphatic rings. The Morgan fingerprint density at radius 1 is 0.385 bits per heavy atom.